The Balaban J connectivity index is 1.58. The molecule has 3 aromatic carbocycles. The van der Waals surface area contributed by atoms with Gasteiger partial charge < -0.3 is 4.74 Å². The summed E-state index contributed by atoms with van der Waals surface area (Å²) in [6.45, 7) is -0.441. The number of imide groups is 1. The Morgan fingerprint density at radius 1 is 1.06 bits per heavy atom. The second kappa shape index (κ2) is 8.64. The highest BCUT2D eigenvalue weighted by atomic mass is 32.2. The largest absolute Gasteiger partial charge is 0.496 e. The quantitative estimate of drug-likeness (QED) is 0.233. The van der Waals surface area contributed by atoms with Crippen molar-refractivity contribution in [2.24, 2.45) is 0 Å². The third-order valence-corrected chi connectivity index (χ3v) is 5.91. The minimum absolute atomic E-state index is 0.151. The number of ether oxygens (including phenoxy) is 1. The van der Waals surface area contributed by atoms with Crippen LogP contribution in [0.2, 0.25) is 0 Å². The molecule has 2 amide bonds. The topological polar surface area (TPSA) is 107 Å². The zero-order chi connectivity index (χ0) is 22.8. The standard InChI is InChI=1S/C23H16N2O6S/c1-31-20-11-8-15(17-4-2-3-5-18(17)20)12-21-22(27)24(23(28)32-21)13-19(26)14-6-9-16(10-7-14)25(29)30/h2-12H,13H2,1H3/b21-12+. The second-order valence-electron chi connectivity index (χ2n) is 6.90. The first-order valence-electron chi connectivity index (χ1n) is 9.48. The fourth-order valence-corrected chi connectivity index (χ4v) is 4.21. The Bertz CT molecular complexity index is 1300. The number of ketones is 1. The van der Waals surface area contributed by atoms with E-state index >= 15 is 0 Å². The minimum Gasteiger partial charge on any atom is -0.496 e. The van der Waals surface area contributed by atoms with Crippen LogP contribution in [0.25, 0.3) is 16.8 Å². The number of methoxy groups -OCH3 is 1. The highest BCUT2D eigenvalue weighted by Gasteiger charge is 2.36. The molecule has 160 valence electrons. The van der Waals surface area contributed by atoms with Crippen LogP contribution < -0.4 is 4.74 Å². The average Bonchev–Trinajstić information content (AvgIpc) is 3.06. The van der Waals surface area contributed by atoms with Gasteiger partial charge in [-0.15, -0.1) is 0 Å². The molecule has 4 rings (SSSR count). The number of fused-ring (bicyclic) bond motifs is 1. The first kappa shape index (κ1) is 21.3. The lowest BCUT2D eigenvalue weighted by Crippen LogP contribution is -2.33. The van der Waals surface area contributed by atoms with Crippen molar-refractivity contribution in [2.45, 2.75) is 0 Å². The van der Waals surface area contributed by atoms with E-state index in [4.69, 9.17) is 4.74 Å². The van der Waals surface area contributed by atoms with E-state index in [1.54, 1.807) is 25.3 Å². The number of non-ortho nitro benzene ring substituents is 1. The first-order valence-corrected chi connectivity index (χ1v) is 10.3. The molecule has 32 heavy (non-hydrogen) atoms. The third-order valence-electron chi connectivity index (χ3n) is 5.00. The lowest BCUT2D eigenvalue weighted by molar-refractivity contribution is -0.384. The summed E-state index contributed by atoms with van der Waals surface area (Å²) >= 11 is 0.764. The van der Waals surface area contributed by atoms with Gasteiger partial charge in [0.1, 0.15) is 5.75 Å². The fraction of sp³-hybridized carbons (Fsp3) is 0.0870. The molecule has 1 aliphatic rings. The summed E-state index contributed by atoms with van der Waals surface area (Å²) in [5.74, 6) is -0.354. The zero-order valence-electron chi connectivity index (χ0n) is 16.8. The van der Waals surface area contributed by atoms with E-state index < -0.39 is 28.4 Å². The number of nitrogens with zero attached hydrogens (tertiary/aromatic N) is 2. The number of carbonyl (C=O) groups excluding carboxylic acids is 3. The predicted octanol–water partition coefficient (Wildman–Crippen LogP) is 4.68. The van der Waals surface area contributed by atoms with Crippen molar-refractivity contribution in [1.29, 1.82) is 0 Å². The monoisotopic (exact) mass is 448 g/mol. The Morgan fingerprint density at radius 3 is 2.41 bits per heavy atom. The number of Topliss-reactive ketones (excluding diaryl/α,β-unsaturated/α-hetero) is 1. The Hall–Kier alpha value is -3.98. The van der Waals surface area contributed by atoms with Crippen molar-refractivity contribution in [1.82, 2.24) is 4.90 Å². The van der Waals surface area contributed by atoms with Crippen LogP contribution in [0.1, 0.15) is 15.9 Å². The third kappa shape index (κ3) is 3.97. The molecule has 3 aromatic rings. The van der Waals surface area contributed by atoms with Crippen molar-refractivity contribution in [3.63, 3.8) is 0 Å². The minimum atomic E-state index is -0.571. The van der Waals surface area contributed by atoms with Gasteiger partial charge in [-0.3, -0.25) is 29.4 Å². The molecule has 0 aromatic heterocycles. The van der Waals surface area contributed by atoms with Crippen LogP contribution >= 0.6 is 11.8 Å². The molecule has 1 saturated heterocycles. The van der Waals surface area contributed by atoms with Crippen LogP contribution in [0.5, 0.6) is 5.75 Å². The zero-order valence-corrected chi connectivity index (χ0v) is 17.6. The molecule has 0 aliphatic carbocycles. The lowest BCUT2D eigenvalue weighted by Gasteiger charge is -2.11. The van der Waals surface area contributed by atoms with Gasteiger partial charge >= 0.3 is 0 Å². The molecule has 9 heteroatoms. The number of carbonyl (C=O) groups is 3. The molecule has 1 aliphatic heterocycles. The number of nitro groups is 1. The average molecular weight is 448 g/mol. The van der Waals surface area contributed by atoms with E-state index in [0.29, 0.717) is 5.75 Å². The summed E-state index contributed by atoms with van der Waals surface area (Å²) < 4.78 is 5.38. The molecule has 8 nitrogen and oxygen atoms in total. The van der Waals surface area contributed by atoms with E-state index in [2.05, 4.69) is 0 Å². The van der Waals surface area contributed by atoms with Crippen molar-refractivity contribution in [3.8, 4) is 5.75 Å². The van der Waals surface area contributed by atoms with Crippen molar-refractivity contribution in [3.05, 3.63) is 86.8 Å². The van der Waals surface area contributed by atoms with Gasteiger partial charge in [0.05, 0.1) is 23.5 Å². The maximum atomic E-state index is 12.8. The summed E-state index contributed by atoms with van der Waals surface area (Å²) in [7, 11) is 1.58. The first-order chi connectivity index (χ1) is 15.4. The summed E-state index contributed by atoms with van der Waals surface area (Å²) in [4.78, 5) is 49.1. The molecule has 0 N–H and O–H groups in total. The van der Waals surface area contributed by atoms with Gasteiger partial charge in [0.25, 0.3) is 16.8 Å². The van der Waals surface area contributed by atoms with E-state index in [1.807, 2.05) is 24.3 Å². The highest BCUT2D eigenvalue weighted by Crippen LogP contribution is 2.35. The number of nitro benzene ring substituents is 1. The predicted molar refractivity (Wildman–Crippen MR) is 121 cm³/mol. The molecule has 0 bridgehead atoms. The van der Waals surface area contributed by atoms with Crippen molar-refractivity contribution in [2.75, 3.05) is 13.7 Å². The normalized spacial score (nSPS) is 14.9. The summed E-state index contributed by atoms with van der Waals surface area (Å²) in [5.41, 5.74) is 0.774. The molecule has 1 fully saturated rings. The van der Waals surface area contributed by atoms with Gasteiger partial charge in [-0.25, -0.2) is 0 Å². The van der Waals surface area contributed by atoms with Crippen molar-refractivity contribution < 1.29 is 24.0 Å². The molecule has 0 saturated carbocycles. The van der Waals surface area contributed by atoms with Crippen LogP contribution in [0, 0.1) is 10.1 Å². The molecule has 0 spiro atoms. The number of amides is 2. The number of hydrogen-bond donors (Lipinski definition) is 0. The maximum absolute atomic E-state index is 12.8. The number of hydrogen-bond acceptors (Lipinski definition) is 7. The van der Waals surface area contributed by atoms with Crippen LogP contribution in [0.15, 0.2) is 65.6 Å². The van der Waals surface area contributed by atoms with Gasteiger partial charge in [-0.1, -0.05) is 30.3 Å². The molecular weight excluding hydrogens is 432 g/mol. The van der Waals surface area contributed by atoms with Gasteiger partial charge in [0.15, 0.2) is 5.78 Å². The van der Waals surface area contributed by atoms with E-state index in [1.165, 1.54) is 24.3 Å². The highest BCUT2D eigenvalue weighted by molar-refractivity contribution is 8.18. The van der Waals surface area contributed by atoms with Gasteiger partial charge in [-0.05, 0) is 47.0 Å². The molecule has 1 heterocycles. The van der Waals surface area contributed by atoms with E-state index in [0.717, 1.165) is 33.0 Å². The van der Waals surface area contributed by atoms with Gasteiger partial charge in [0, 0.05) is 23.1 Å². The Morgan fingerprint density at radius 2 is 1.75 bits per heavy atom. The van der Waals surface area contributed by atoms with E-state index in [-0.39, 0.29) is 16.2 Å². The van der Waals surface area contributed by atoms with Gasteiger partial charge in [-0.2, -0.15) is 0 Å². The number of rotatable bonds is 6. The van der Waals surface area contributed by atoms with E-state index in [9.17, 15) is 24.5 Å². The Kier molecular flexibility index (Phi) is 5.74. The fourth-order valence-electron chi connectivity index (χ4n) is 3.38. The smallest absolute Gasteiger partial charge is 0.293 e. The SMILES string of the molecule is COc1ccc(/C=C2/SC(=O)N(CC(=O)c3ccc([N+](=O)[O-])cc3)C2=O)c2ccccc12. The van der Waals surface area contributed by atoms with Crippen molar-refractivity contribution >= 4 is 51.2 Å². The molecular formula is C23H16N2O6S. The van der Waals surface area contributed by atoms with Gasteiger partial charge in [0.2, 0.25) is 0 Å². The van der Waals surface area contributed by atoms with Crippen LogP contribution in [0.4, 0.5) is 10.5 Å². The molecule has 0 atom stereocenters. The second-order valence-corrected chi connectivity index (χ2v) is 7.89. The lowest BCUT2D eigenvalue weighted by atomic mass is 10.0. The number of thioether (sulfide) groups is 1. The summed E-state index contributed by atoms with van der Waals surface area (Å²) in [5, 5.41) is 11.9. The molecule has 0 unspecified atom stereocenters. The maximum Gasteiger partial charge on any atom is 0.293 e. The summed E-state index contributed by atoms with van der Waals surface area (Å²) in [6.07, 6.45) is 1.63. The Labute approximate surface area is 186 Å². The van der Waals surface area contributed by atoms with Crippen LogP contribution in [-0.4, -0.2) is 40.4 Å². The van der Waals surface area contributed by atoms with Crippen LogP contribution in [-0.2, 0) is 4.79 Å². The van der Waals surface area contributed by atoms with Crippen LogP contribution in [0.3, 0.4) is 0 Å². The summed E-state index contributed by atoms with van der Waals surface area (Å²) in [6, 6.07) is 16.2. The number of benzene rings is 3. The molecule has 0 radical (unpaired) electrons.